The molecular weight excluding hydrogens is 158 g/mol. The maximum atomic E-state index is 3.79. The summed E-state index contributed by atoms with van der Waals surface area (Å²) < 4.78 is 0. The van der Waals surface area contributed by atoms with E-state index >= 15 is 0 Å². The molecule has 0 aromatic carbocycles. The summed E-state index contributed by atoms with van der Waals surface area (Å²) in [6.45, 7) is 9.79. The predicted octanol–water partition coefficient (Wildman–Crippen LogP) is 1.79. The Kier molecular flexibility index (Phi) is 3.97. The van der Waals surface area contributed by atoms with Crippen LogP contribution in [-0.2, 0) is 0 Å². The molecule has 1 nitrogen and oxygen atoms in total. The molecule has 0 spiro atoms. The Balaban J connectivity index is 2.53. The third kappa shape index (κ3) is 3.19. The molecule has 0 amide bonds. The van der Waals surface area contributed by atoms with Crippen LogP contribution in [0.2, 0.25) is 0 Å². The first-order chi connectivity index (χ1) is 6.26. The minimum absolute atomic E-state index is 0.608. The summed E-state index contributed by atoms with van der Waals surface area (Å²) in [5.41, 5.74) is 1.52. The Morgan fingerprint density at radius 2 is 2.15 bits per heavy atom. The lowest BCUT2D eigenvalue weighted by atomic mass is 9.95. The monoisotopic (exact) mass is 178 g/mol. The summed E-state index contributed by atoms with van der Waals surface area (Å²) in [6.07, 6.45) is 9.77. The standard InChI is InChI=1S/C12H19N/c1-4-6-11-8-10(3)9-12(13-11)7-5-2/h4-5,8,11-13H,1-2,6-7,9H2,3H3/p+1/t11-,12+/m0/s1. The van der Waals surface area contributed by atoms with Gasteiger partial charge in [-0.05, 0) is 13.0 Å². The molecular formula is C12H20N+. The molecule has 0 aromatic rings. The molecule has 0 fully saturated rings. The van der Waals surface area contributed by atoms with Gasteiger partial charge in [0.15, 0.2) is 0 Å². The minimum atomic E-state index is 0.608. The Morgan fingerprint density at radius 3 is 2.77 bits per heavy atom. The first-order valence-corrected chi connectivity index (χ1v) is 5.00. The molecule has 2 atom stereocenters. The zero-order valence-corrected chi connectivity index (χ0v) is 8.50. The summed E-state index contributed by atoms with van der Waals surface area (Å²) in [5.74, 6) is 0. The van der Waals surface area contributed by atoms with E-state index in [9.17, 15) is 0 Å². The molecule has 0 radical (unpaired) electrons. The molecule has 1 rings (SSSR count). The van der Waals surface area contributed by atoms with Crippen molar-refractivity contribution in [1.29, 1.82) is 0 Å². The van der Waals surface area contributed by atoms with Gasteiger partial charge in [-0.15, -0.1) is 13.2 Å². The fraction of sp³-hybridized carbons (Fsp3) is 0.500. The van der Waals surface area contributed by atoms with Gasteiger partial charge in [0.2, 0.25) is 0 Å². The molecule has 13 heavy (non-hydrogen) atoms. The first-order valence-electron chi connectivity index (χ1n) is 5.00. The van der Waals surface area contributed by atoms with E-state index < -0.39 is 0 Å². The van der Waals surface area contributed by atoms with E-state index in [2.05, 4.69) is 31.5 Å². The van der Waals surface area contributed by atoms with Crippen molar-refractivity contribution in [1.82, 2.24) is 0 Å². The van der Waals surface area contributed by atoms with E-state index in [-0.39, 0.29) is 0 Å². The molecule has 0 bridgehead atoms. The lowest BCUT2D eigenvalue weighted by Gasteiger charge is -2.24. The topological polar surface area (TPSA) is 16.6 Å². The number of nitrogens with two attached hydrogens (primary N) is 1. The molecule has 0 aromatic heterocycles. The number of quaternary nitrogens is 1. The highest BCUT2D eigenvalue weighted by molar-refractivity contribution is 5.07. The van der Waals surface area contributed by atoms with Gasteiger partial charge in [0, 0.05) is 19.3 Å². The van der Waals surface area contributed by atoms with Gasteiger partial charge in [0.25, 0.3) is 0 Å². The molecule has 1 heteroatoms. The van der Waals surface area contributed by atoms with Crippen LogP contribution in [-0.4, -0.2) is 12.1 Å². The highest BCUT2D eigenvalue weighted by Gasteiger charge is 2.21. The lowest BCUT2D eigenvalue weighted by molar-refractivity contribution is -0.713. The van der Waals surface area contributed by atoms with Gasteiger partial charge in [0.05, 0.1) is 6.04 Å². The predicted molar refractivity (Wildman–Crippen MR) is 57.5 cm³/mol. The summed E-state index contributed by atoms with van der Waals surface area (Å²) in [7, 11) is 0. The van der Waals surface area contributed by atoms with Crippen molar-refractivity contribution in [2.75, 3.05) is 0 Å². The summed E-state index contributed by atoms with van der Waals surface area (Å²) in [4.78, 5) is 0. The fourth-order valence-electron chi connectivity index (χ4n) is 2.04. The zero-order chi connectivity index (χ0) is 9.68. The molecule has 2 N–H and O–H groups in total. The van der Waals surface area contributed by atoms with Gasteiger partial charge in [-0.25, -0.2) is 0 Å². The second-order valence-corrected chi connectivity index (χ2v) is 3.88. The summed E-state index contributed by atoms with van der Waals surface area (Å²) in [6, 6.07) is 1.31. The van der Waals surface area contributed by atoms with Gasteiger partial charge < -0.3 is 5.32 Å². The maximum absolute atomic E-state index is 3.79. The van der Waals surface area contributed by atoms with Gasteiger partial charge in [-0.3, -0.25) is 0 Å². The van der Waals surface area contributed by atoms with Crippen molar-refractivity contribution in [3.63, 3.8) is 0 Å². The van der Waals surface area contributed by atoms with E-state index in [1.54, 1.807) is 0 Å². The third-order valence-electron chi connectivity index (χ3n) is 2.51. The third-order valence-corrected chi connectivity index (χ3v) is 2.51. The number of hydrogen-bond acceptors (Lipinski definition) is 0. The van der Waals surface area contributed by atoms with E-state index in [0.717, 1.165) is 12.8 Å². The molecule has 0 saturated heterocycles. The Bertz CT molecular complexity index is 215. The fourth-order valence-corrected chi connectivity index (χ4v) is 2.04. The largest absolute Gasteiger partial charge is 0.337 e. The van der Waals surface area contributed by atoms with Gasteiger partial charge in [0.1, 0.15) is 6.04 Å². The van der Waals surface area contributed by atoms with Crippen LogP contribution in [0, 0.1) is 0 Å². The quantitative estimate of drug-likeness (QED) is 0.632. The van der Waals surface area contributed by atoms with Crippen LogP contribution in [0.4, 0.5) is 0 Å². The second kappa shape index (κ2) is 5.03. The van der Waals surface area contributed by atoms with Crippen molar-refractivity contribution in [3.05, 3.63) is 37.0 Å². The van der Waals surface area contributed by atoms with Crippen molar-refractivity contribution < 1.29 is 5.32 Å². The van der Waals surface area contributed by atoms with Crippen LogP contribution in [0.5, 0.6) is 0 Å². The van der Waals surface area contributed by atoms with Gasteiger partial charge >= 0.3 is 0 Å². The molecule has 72 valence electrons. The van der Waals surface area contributed by atoms with Crippen LogP contribution in [0.1, 0.15) is 26.2 Å². The Labute approximate surface area is 81.2 Å². The number of hydrogen-bond donors (Lipinski definition) is 1. The minimum Gasteiger partial charge on any atom is -0.337 e. The Hall–Kier alpha value is -0.820. The molecule has 0 aliphatic carbocycles. The summed E-state index contributed by atoms with van der Waals surface area (Å²) in [5, 5.41) is 2.44. The summed E-state index contributed by atoms with van der Waals surface area (Å²) >= 11 is 0. The smallest absolute Gasteiger partial charge is 0.108 e. The SMILES string of the molecule is C=CC[C@@H]1CC(C)=C[C@H](CC=C)[NH2+]1. The van der Waals surface area contributed by atoms with E-state index in [0.29, 0.717) is 12.1 Å². The molecule has 0 unspecified atom stereocenters. The van der Waals surface area contributed by atoms with Crippen LogP contribution in [0.15, 0.2) is 37.0 Å². The Morgan fingerprint density at radius 1 is 1.46 bits per heavy atom. The van der Waals surface area contributed by atoms with Crippen molar-refractivity contribution in [2.24, 2.45) is 0 Å². The molecule has 1 aliphatic heterocycles. The molecule has 0 saturated carbocycles. The van der Waals surface area contributed by atoms with Crippen LogP contribution in [0.25, 0.3) is 0 Å². The average molecular weight is 178 g/mol. The molecule has 1 heterocycles. The molecule has 1 aliphatic rings. The van der Waals surface area contributed by atoms with Crippen molar-refractivity contribution >= 4 is 0 Å². The van der Waals surface area contributed by atoms with Crippen LogP contribution >= 0.6 is 0 Å². The van der Waals surface area contributed by atoms with Crippen LogP contribution < -0.4 is 5.32 Å². The van der Waals surface area contributed by atoms with E-state index in [4.69, 9.17) is 0 Å². The first kappa shape index (κ1) is 10.3. The highest BCUT2D eigenvalue weighted by atomic mass is 15.0. The van der Waals surface area contributed by atoms with E-state index in [1.807, 2.05) is 12.2 Å². The van der Waals surface area contributed by atoms with Crippen LogP contribution in [0.3, 0.4) is 0 Å². The average Bonchev–Trinajstić information content (AvgIpc) is 2.04. The van der Waals surface area contributed by atoms with Gasteiger partial charge in [-0.2, -0.15) is 0 Å². The zero-order valence-electron chi connectivity index (χ0n) is 8.50. The normalized spacial score (nSPS) is 27.9. The lowest BCUT2D eigenvalue weighted by Crippen LogP contribution is -2.95. The second-order valence-electron chi connectivity index (χ2n) is 3.88. The maximum Gasteiger partial charge on any atom is 0.108 e. The van der Waals surface area contributed by atoms with Gasteiger partial charge in [-0.1, -0.05) is 17.7 Å². The van der Waals surface area contributed by atoms with E-state index in [1.165, 1.54) is 12.0 Å². The van der Waals surface area contributed by atoms with Crippen molar-refractivity contribution in [3.8, 4) is 0 Å². The number of rotatable bonds is 4. The van der Waals surface area contributed by atoms with Crippen molar-refractivity contribution in [2.45, 2.75) is 38.3 Å². The highest BCUT2D eigenvalue weighted by Crippen LogP contribution is 2.11.